The third-order valence-corrected chi connectivity index (χ3v) is 6.69. The summed E-state index contributed by atoms with van der Waals surface area (Å²) in [5.41, 5.74) is -0.0985. The van der Waals surface area contributed by atoms with E-state index >= 15 is 0 Å². The molecule has 128 valence electrons. The Morgan fingerprint density at radius 2 is 1.83 bits per heavy atom. The van der Waals surface area contributed by atoms with Crippen molar-refractivity contribution in [3.63, 3.8) is 0 Å². The van der Waals surface area contributed by atoms with Crippen LogP contribution < -0.4 is 0 Å². The highest BCUT2D eigenvalue weighted by atomic mass is 32.2. The first kappa shape index (κ1) is 17.2. The van der Waals surface area contributed by atoms with Gasteiger partial charge in [0.15, 0.2) is 0 Å². The summed E-state index contributed by atoms with van der Waals surface area (Å²) in [5, 5.41) is 1.93. The number of sulfonamides is 1. The number of hydrogen-bond donors (Lipinski definition) is 0. The summed E-state index contributed by atoms with van der Waals surface area (Å²) in [6.07, 6.45) is -2.46. The van der Waals surface area contributed by atoms with Gasteiger partial charge in [-0.05, 0) is 35.6 Å². The Bertz CT molecular complexity index is 856. The van der Waals surface area contributed by atoms with Crippen molar-refractivity contribution in [3.05, 3.63) is 58.3 Å². The van der Waals surface area contributed by atoms with Crippen LogP contribution in [0.5, 0.6) is 0 Å². The minimum Gasteiger partial charge on any atom is -0.207 e. The number of halogens is 3. The quantitative estimate of drug-likeness (QED) is 0.807. The van der Waals surface area contributed by atoms with Gasteiger partial charge < -0.3 is 0 Å². The lowest BCUT2D eigenvalue weighted by atomic mass is 10.1. The maximum absolute atomic E-state index is 13.1. The topological polar surface area (TPSA) is 37.4 Å². The van der Waals surface area contributed by atoms with Crippen LogP contribution >= 0.6 is 11.3 Å². The fourth-order valence-electron chi connectivity index (χ4n) is 2.62. The molecule has 0 spiro atoms. The number of alkyl halides is 3. The van der Waals surface area contributed by atoms with Gasteiger partial charge in [-0.25, -0.2) is 8.42 Å². The molecule has 0 fully saturated rings. The van der Waals surface area contributed by atoms with Crippen LogP contribution in [0.1, 0.15) is 16.9 Å². The number of benzene rings is 1. The lowest BCUT2D eigenvalue weighted by Gasteiger charge is -2.26. The van der Waals surface area contributed by atoms with Gasteiger partial charge in [0.25, 0.3) is 0 Å². The molecular weight excluding hydrogens is 359 g/mol. The molecule has 1 aromatic heterocycles. The van der Waals surface area contributed by atoms with E-state index in [0.29, 0.717) is 6.42 Å². The van der Waals surface area contributed by atoms with E-state index in [2.05, 4.69) is 0 Å². The van der Waals surface area contributed by atoms with E-state index in [4.69, 9.17) is 0 Å². The van der Waals surface area contributed by atoms with Gasteiger partial charge in [-0.2, -0.15) is 17.5 Å². The minimum atomic E-state index is -4.71. The Labute approximate surface area is 142 Å². The fraction of sp³-hybridized carbons (Fsp3) is 0.250. The molecule has 24 heavy (non-hydrogen) atoms. The molecule has 0 N–H and O–H groups in total. The molecular formula is C16H14F3NO2S2. The van der Waals surface area contributed by atoms with E-state index in [1.165, 1.54) is 12.1 Å². The maximum Gasteiger partial charge on any atom is 0.417 e. The van der Waals surface area contributed by atoms with Crippen LogP contribution in [-0.4, -0.2) is 25.8 Å². The van der Waals surface area contributed by atoms with Crippen LogP contribution in [0.4, 0.5) is 13.2 Å². The predicted octanol–water partition coefficient (Wildman–Crippen LogP) is 4.24. The third-order valence-electron chi connectivity index (χ3n) is 3.82. The highest BCUT2D eigenvalue weighted by molar-refractivity contribution is 7.89. The van der Waals surface area contributed by atoms with Gasteiger partial charge in [-0.1, -0.05) is 24.3 Å². The van der Waals surface area contributed by atoms with Crippen molar-refractivity contribution in [1.29, 1.82) is 0 Å². The van der Waals surface area contributed by atoms with Crippen LogP contribution in [0.2, 0.25) is 0 Å². The zero-order chi connectivity index (χ0) is 17.4. The van der Waals surface area contributed by atoms with Crippen LogP contribution in [0.3, 0.4) is 0 Å². The molecule has 0 aliphatic carbocycles. The molecule has 3 nitrogen and oxygen atoms in total. The van der Waals surface area contributed by atoms with Crippen LogP contribution in [0.15, 0.2) is 52.7 Å². The van der Waals surface area contributed by atoms with Gasteiger partial charge in [-0.15, -0.1) is 11.3 Å². The summed E-state index contributed by atoms with van der Waals surface area (Å²) >= 11 is 1.56. The molecule has 0 radical (unpaired) electrons. The second kappa shape index (κ2) is 6.34. The van der Waals surface area contributed by atoms with Gasteiger partial charge in [0.1, 0.15) is 0 Å². The average molecular weight is 373 g/mol. The van der Waals surface area contributed by atoms with Crippen molar-refractivity contribution in [1.82, 2.24) is 4.31 Å². The van der Waals surface area contributed by atoms with Crippen LogP contribution in [-0.2, 0) is 16.2 Å². The molecule has 0 amide bonds. The van der Waals surface area contributed by atoms with E-state index in [-0.39, 0.29) is 13.1 Å². The Balaban J connectivity index is 1.91. The molecule has 1 aliphatic rings. The van der Waals surface area contributed by atoms with Crippen LogP contribution in [0.25, 0.3) is 5.57 Å². The molecule has 2 heterocycles. The summed E-state index contributed by atoms with van der Waals surface area (Å²) in [5.74, 6) is 0. The van der Waals surface area contributed by atoms with Crippen molar-refractivity contribution in [2.75, 3.05) is 13.1 Å². The zero-order valence-electron chi connectivity index (χ0n) is 12.5. The second-order valence-corrected chi connectivity index (χ2v) is 8.17. The first-order valence-electron chi connectivity index (χ1n) is 7.19. The largest absolute Gasteiger partial charge is 0.417 e. The summed E-state index contributed by atoms with van der Waals surface area (Å²) in [7, 11) is -4.20. The van der Waals surface area contributed by atoms with Gasteiger partial charge in [-0.3, -0.25) is 0 Å². The average Bonchev–Trinajstić information content (AvgIpc) is 3.09. The molecule has 3 rings (SSSR count). The van der Waals surface area contributed by atoms with Crippen molar-refractivity contribution in [2.24, 2.45) is 0 Å². The summed E-state index contributed by atoms with van der Waals surface area (Å²) < 4.78 is 65.7. The zero-order valence-corrected chi connectivity index (χ0v) is 14.1. The predicted molar refractivity (Wildman–Crippen MR) is 87.1 cm³/mol. The standard InChI is InChI=1S/C16H14F3NO2S2/c17-16(18,19)13-4-1-2-6-15(13)24(21,22)20-9-7-12(8-10-20)14-5-3-11-23-14/h1-7,11H,8-10H2. The monoisotopic (exact) mass is 373 g/mol. The van der Waals surface area contributed by atoms with Gasteiger partial charge >= 0.3 is 6.18 Å². The Morgan fingerprint density at radius 3 is 2.42 bits per heavy atom. The van der Waals surface area contributed by atoms with E-state index in [9.17, 15) is 21.6 Å². The van der Waals surface area contributed by atoms with Crippen molar-refractivity contribution >= 4 is 26.9 Å². The fourth-order valence-corrected chi connectivity index (χ4v) is 5.01. The lowest BCUT2D eigenvalue weighted by molar-refractivity contribution is -0.139. The molecule has 0 saturated heterocycles. The summed E-state index contributed by atoms with van der Waals surface area (Å²) in [6, 6.07) is 8.15. The summed E-state index contributed by atoms with van der Waals surface area (Å²) in [4.78, 5) is 0.369. The number of nitrogens with zero attached hydrogens (tertiary/aromatic N) is 1. The molecule has 0 saturated carbocycles. The van der Waals surface area contributed by atoms with E-state index in [1.54, 1.807) is 17.4 Å². The van der Waals surface area contributed by atoms with Crippen molar-refractivity contribution < 1.29 is 21.6 Å². The highest BCUT2D eigenvalue weighted by Gasteiger charge is 2.39. The minimum absolute atomic E-state index is 0.0712. The molecule has 2 aromatic rings. The van der Waals surface area contributed by atoms with E-state index in [0.717, 1.165) is 26.9 Å². The molecule has 0 atom stereocenters. The number of hydrogen-bond acceptors (Lipinski definition) is 3. The second-order valence-electron chi connectivity index (χ2n) is 5.31. The molecule has 0 bridgehead atoms. The van der Waals surface area contributed by atoms with E-state index in [1.807, 2.05) is 17.5 Å². The molecule has 8 heteroatoms. The summed E-state index contributed by atoms with van der Waals surface area (Å²) in [6.45, 7) is 0.236. The first-order valence-corrected chi connectivity index (χ1v) is 9.51. The smallest absolute Gasteiger partial charge is 0.207 e. The molecule has 0 unspecified atom stereocenters. The van der Waals surface area contributed by atoms with Crippen LogP contribution in [0, 0.1) is 0 Å². The normalized spacial score (nSPS) is 16.9. The van der Waals surface area contributed by atoms with Crippen molar-refractivity contribution in [3.8, 4) is 0 Å². The highest BCUT2D eigenvalue weighted by Crippen LogP contribution is 2.36. The van der Waals surface area contributed by atoms with Gasteiger partial charge in [0.2, 0.25) is 10.0 Å². The Hall–Kier alpha value is -1.64. The molecule has 1 aromatic carbocycles. The van der Waals surface area contributed by atoms with Gasteiger partial charge in [0.05, 0.1) is 10.5 Å². The number of thiophene rings is 1. The molecule has 1 aliphatic heterocycles. The third kappa shape index (κ3) is 3.26. The lowest BCUT2D eigenvalue weighted by Crippen LogP contribution is -2.35. The maximum atomic E-state index is 13.1. The van der Waals surface area contributed by atoms with E-state index < -0.39 is 26.7 Å². The van der Waals surface area contributed by atoms with Crippen molar-refractivity contribution in [2.45, 2.75) is 17.5 Å². The SMILES string of the molecule is O=S(=O)(c1ccccc1C(F)(F)F)N1CC=C(c2cccs2)CC1. The Kier molecular flexibility index (Phi) is 4.54. The van der Waals surface area contributed by atoms with Gasteiger partial charge in [0, 0.05) is 18.0 Å². The first-order chi connectivity index (χ1) is 11.3. The number of rotatable bonds is 3. The Morgan fingerprint density at radius 1 is 1.08 bits per heavy atom.